The van der Waals surface area contributed by atoms with Crippen molar-refractivity contribution in [2.24, 2.45) is 0 Å². The molecule has 0 bridgehead atoms. The van der Waals surface area contributed by atoms with Crippen molar-refractivity contribution >= 4 is 29.6 Å². The number of nitrogens with zero attached hydrogens (tertiary/aromatic N) is 1. The predicted octanol–water partition coefficient (Wildman–Crippen LogP) is -0.432. The summed E-state index contributed by atoms with van der Waals surface area (Å²) in [6, 6.07) is 3.43. The van der Waals surface area contributed by atoms with Crippen LogP contribution in [0, 0.1) is 0 Å². The Balaban J connectivity index is 1.75. The number of hydrogen-bond donors (Lipinski definition) is 2. The minimum atomic E-state index is -1.11. The number of aliphatic carboxylic acids is 1. The van der Waals surface area contributed by atoms with Crippen LogP contribution in [-0.4, -0.2) is 65.5 Å². The zero-order chi connectivity index (χ0) is 19.6. The largest absolute Gasteiger partial charge is 0.490 e. The Hall–Kier alpha value is -3.27. The normalized spacial score (nSPS) is 19.1. The summed E-state index contributed by atoms with van der Waals surface area (Å²) in [5, 5.41) is 10.6. The minimum Gasteiger partial charge on any atom is -0.490 e. The number of imide groups is 2. The van der Waals surface area contributed by atoms with Crippen molar-refractivity contribution in [3.63, 3.8) is 0 Å². The van der Waals surface area contributed by atoms with Crippen LogP contribution in [0.25, 0.3) is 0 Å². The van der Waals surface area contributed by atoms with Crippen LogP contribution < -0.4 is 10.1 Å². The molecule has 0 spiro atoms. The van der Waals surface area contributed by atoms with E-state index >= 15 is 0 Å². The van der Waals surface area contributed by atoms with E-state index in [9.17, 15) is 24.0 Å². The monoisotopic (exact) mass is 376 g/mol. The fourth-order valence-electron chi connectivity index (χ4n) is 2.97. The van der Waals surface area contributed by atoms with E-state index in [2.05, 4.69) is 5.32 Å². The van der Waals surface area contributed by atoms with E-state index in [4.69, 9.17) is 14.6 Å². The Morgan fingerprint density at radius 3 is 2.67 bits per heavy atom. The molecule has 1 atom stereocenters. The van der Waals surface area contributed by atoms with E-state index in [1.807, 2.05) is 0 Å². The molecule has 2 aliphatic heterocycles. The first-order valence-corrected chi connectivity index (χ1v) is 8.17. The third-order valence-corrected chi connectivity index (χ3v) is 4.14. The van der Waals surface area contributed by atoms with E-state index in [1.165, 1.54) is 18.2 Å². The van der Waals surface area contributed by atoms with Crippen molar-refractivity contribution in [1.29, 1.82) is 0 Å². The van der Waals surface area contributed by atoms with Gasteiger partial charge in [-0.15, -0.1) is 0 Å². The van der Waals surface area contributed by atoms with Crippen LogP contribution >= 0.6 is 0 Å². The molecule has 27 heavy (non-hydrogen) atoms. The van der Waals surface area contributed by atoms with Gasteiger partial charge < -0.3 is 14.6 Å². The van der Waals surface area contributed by atoms with Gasteiger partial charge >= 0.3 is 5.97 Å². The molecule has 142 valence electrons. The zero-order valence-electron chi connectivity index (χ0n) is 14.1. The summed E-state index contributed by atoms with van der Waals surface area (Å²) >= 11 is 0. The molecule has 1 unspecified atom stereocenters. The first kappa shape index (κ1) is 18.5. The van der Waals surface area contributed by atoms with Crippen LogP contribution in [0.15, 0.2) is 18.2 Å². The molecular formula is C17H16N2O8. The number of amides is 4. The quantitative estimate of drug-likeness (QED) is 0.483. The van der Waals surface area contributed by atoms with Gasteiger partial charge in [0.05, 0.1) is 17.7 Å². The molecule has 3 rings (SSSR count). The number of carbonyl (C=O) groups is 5. The molecule has 1 fully saturated rings. The number of carboxylic acid groups (broad SMARTS) is 1. The zero-order valence-corrected chi connectivity index (χ0v) is 14.1. The maximum Gasteiger partial charge on any atom is 0.329 e. The Morgan fingerprint density at radius 2 is 1.96 bits per heavy atom. The second-order valence-corrected chi connectivity index (χ2v) is 5.92. The molecule has 1 saturated heterocycles. The molecule has 4 amide bonds. The highest BCUT2D eigenvalue weighted by atomic mass is 16.5. The number of rotatable bonds is 7. The lowest BCUT2D eigenvalue weighted by Gasteiger charge is -2.27. The third kappa shape index (κ3) is 3.65. The van der Waals surface area contributed by atoms with E-state index in [-0.39, 0.29) is 42.9 Å². The fourth-order valence-corrected chi connectivity index (χ4v) is 2.97. The third-order valence-electron chi connectivity index (χ3n) is 4.14. The Labute approximate surface area is 153 Å². The van der Waals surface area contributed by atoms with Gasteiger partial charge in [0.15, 0.2) is 0 Å². The molecular weight excluding hydrogens is 360 g/mol. The van der Waals surface area contributed by atoms with Gasteiger partial charge in [0, 0.05) is 6.42 Å². The fraction of sp³-hybridized carbons (Fsp3) is 0.353. The predicted molar refractivity (Wildman–Crippen MR) is 87.1 cm³/mol. The van der Waals surface area contributed by atoms with Crippen LogP contribution in [0.3, 0.4) is 0 Å². The highest BCUT2D eigenvalue weighted by molar-refractivity contribution is 6.24. The van der Waals surface area contributed by atoms with Crippen LogP contribution in [0.4, 0.5) is 0 Å². The smallest absolute Gasteiger partial charge is 0.329 e. The minimum absolute atomic E-state index is 0.0189. The van der Waals surface area contributed by atoms with Crippen molar-refractivity contribution in [3.8, 4) is 5.75 Å². The van der Waals surface area contributed by atoms with Gasteiger partial charge in [0.1, 0.15) is 25.0 Å². The highest BCUT2D eigenvalue weighted by Crippen LogP contribution is 2.33. The van der Waals surface area contributed by atoms with Gasteiger partial charge in [0.25, 0.3) is 11.8 Å². The number of piperidine rings is 1. The number of carboxylic acids is 1. The molecule has 2 heterocycles. The Kier molecular flexibility index (Phi) is 5.17. The number of carbonyl (C=O) groups excluding carboxylic acids is 4. The van der Waals surface area contributed by atoms with Crippen molar-refractivity contribution < 1.29 is 38.6 Å². The number of fused-ring (bicyclic) bond motifs is 1. The molecule has 2 N–H and O–H groups in total. The molecule has 1 aromatic carbocycles. The number of hydrogen-bond acceptors (Lipinski definition) is 7. The maximum atomic E-state index is 12.8. The molecule has 0 saturated carbocycles. The summed E-state index contributed by atoms with van der Waals surface area (Å²) in [5.74, 6) is -3.41. The molecule has 10 heteroatoms. The second kappa shape index (κ2) is 7.54. The second-order valence-electron chi connectivity index (χ2n) is 5.92. The molecule has 1 aromatic rings. The van der Waals surface area contributed by atoms with Gasteiger partial charge in [-0.25, -0.2) is 4.79 Å². The van der Waals surface area contributed by atoms with E-state index in [0.29, 0.717) is 0 Å². The Bertz CT molecular complexity index is 834. The maximum absolute atomic E-state index is 12.8. The van der Waals surface area contributed by atoms with Crippen LogP contribution in [0.2, 0.25) is 0 Å². The van der Waals surface area contributed by atoms with Gasteiger partial charge in [-0.3, -0.25) is 29.4 Å². The molecule has 10 nitrogen and oxygen atoms in total. The lowest BCUT2D eigenvalue weighted by atomic mass is 10.0. The van der Waals surface area contributed by atoms with Crippen molar-refractivity contribution in [2.45, 2.75) is 18.9 Å². The summed E-state index contributed by atoms with van der Waals surface area (Å²) in [4.78, 5) is 60.0. The first-order chi connectivity index (χ1) is 12.9. The first-order valence-electron chi connectivity index (χ1n) is 8.17. The molecule has 2 aliphatic rings. The number of ether oxygens (including phenoxy) is 2. The van der Waals surface area contributed by atoms with Gasteiger partial charge in [0.2, 0.25) is 11.8 Å². The van der Waals surface area contributed by atoms with Gasteiger partial charge in [-0.05, 0) is 18.6 Å². The summed E-state index contributed by atoms with van der Waals surface area (Å²) in [5.41, 5.74) is 0.138. The lowest BCUT2D eigenvalue weighted by Crippen LogP contribution is -2.54. The average Bonchev–Trinajstić information content (AvgIpc) is 2.87. The van der Waals surface area contributed by atoms with Crippen molar-refractivity contribution in [3.05, 3.63) is 29.3 Å². The molecule has 0 aliphatic carbocycles. The van der Waals surface area contributed by atoms with E-state index in [0.717, 1.165) is 4.90 Å². The topological polar surface area (TPSA) is 139 Å². The SMILES string of the molecule is O=C(O)COCCOc1cccc2c1C(=O)N(C1CCC(=O)NC1=O)C2=O. The summed E-state index contributed by atoms with van der Waals surface area (Å²) in [7, 11) is 0. The van der Waals surface area contributed by atoms with Crippen molar-refractivity contribution in [1.82, 2.24) is 10.2 Å². The van der Waals surface area contributed by atoms with Crippen LogP contribution in [0.5, 0.6) is 5.75 Å². The summed E-state index contributed by atoms with van der Waals surface area (Å²) in [6.45, 7) is -0.518. The lowest BCUT2D eigenvalue weighted by molar-refractivity contribution is -0.142. The Morgan fingerprint density at radius 1 is 1.19 bits per heavy atom. The standard InChI is InChI=1S/C17H16N2O8/c20-12-5-4-10(15(23)18-12)19-16(24)9-2-1-3-11(14(9)17(19)25)27-7-6-26-8-13(21)22/h1-3,10H,4-8H2,(H,21,22)(H,18,20,23). The summed E-state index contributed by atoms with van der Waals surface area (Å²) in [6.07, 6.45) is 0.101. The van der Waals surface area contributed by atoms with Crippen molar-refractivity contribution in [2.75, 3.05) is 19.8 Å². The summed E-state index contributed by atoms with van der Waals surface area (Å²) < 4.78 is 10.3. The highest BCUT2D eigenvalue weighted by Gasteiger charge is 2.45. The number of benzene rings is 1. The van der Waals surface area contributed by atoms with E-state index < -0.39 is 42.2 Å². The van der Waals surface area contributed by atoms with Crippen LogP contribution in [-0.2, 0) is 19.1 Å². The molecule has 0 aromatic heterocycles. The van der Waals surface area contributed by atoms with Crippen LogP contribution in [0.1, 0.15) is 33.6 Å². The average molecular weight is 376 g/mol. The number of nitrogens with one attached hydrogen (secondary N) is 1. The molecule has 0 radical (unpaired) electrons. The van der Waals surface area contributed by atoms with Gasteiger partial charge in [-0.1, -0.05) is 6.07 Å². The van der Waals surface area contributed by atoms with E-state index in [1.54, 1.807) is 0 Å². The van der Waals surface area contributed by atoms with Gasteiger partial charge in [-0.2, -0.15) is 0 Å².